The fourth-order valence-corrected chi connectivity index (χ4v) is 2.15. The van der Waals surface area contributed by atoms with Crippen LogP contribution in [0.25, 0.3) is 0 Å². The highest BCUT2D eigenvalue weighted by Gasteiger charge is 2.19. The number of hydrogen-bond donors (Lipinski definition) is 1. The molecule has 1 aliphatic rings. The van der Waals surface area contributed by atoms with Crippen molar-refractivity contribution in [1.29, 1.82) is 0 Å². The molecule has 0 aliphatic carbocycles. The van der Waals surface area contributed by atoms with Gasteiger partial charge in [-0.25, -0.2) is 0 Å². The quantitative estimate of drug-likeness (QED) is 0.691. The first-order valence-corrected chi connectivity index (χ1v) is 5.68. The smallest absolute Gasteiger partial charge is 0.0198 e. The van der Waals surface area contributed by atoms with Gasteiger partial charge in [-0.05, 0) is 19.3 Å². The van der Waals surface area contributed by atoms with Crippen LogP contribution < -0.4 is 5.32 Å². The van der Waals surface area contributed by atoms with Crippen LogP contribution in [0.5, 0.6) is 0 Å². The molecule has 82 valence electrons. The van der Waals surface area contributed by atoms with Crippen molar-refractivity contribution in [2.45, 2.75) is 33.2 Å². The number of nitrogens with zero attached hydrogens (tertiary/aromatic N) is 1. The lowest BCUT2D eigenvalue weighted by molar-refractivity contribution is 0.199. The molecule has 1 unspecified atom stereocenters. The molecule has 0 amide bonds. The van der Waals surface area contributed by atoms with Gasteiger partial charge in [-0.2, -0.15) is 0 Å². The minimum atomic E-state index is 0.683. The van der Waals surface area contributed by atoms with E-state index in [-0.39, 0.29) is 0 Å². The molecule has 0 aromatic carbocycles. The molecule has 0 radical (unpaired) electrons. The Bertz CT molecular complexity index is 187. The van der Waals surface area contributed by atoms with Gasteiger partial charge in [0, 0.05) is 32.2 Å². The number of nitrogens with one attached hydrogen (secondary N) is 1. The van der Waals surface area contributed by atoms with Crippen LogP contribution in [0.2, 0.25) is 0 Å². The Morgan fingerprint density at radius 3 is 2.86 bits per heavy atom. The summed E-state index contributed by atoms with van der Waals surface area (Å²) in [5.41, 5.74) is 1.27. The number of rotatable bonds is 4. The third-order valence-electron chi connectivity index (χ3n) is 2.59. The maximum absolute atomic E-state index is 3.97. The second kappa shape index (κ2) is 5.52. The first-order chi connectivity index (χ1) is 6.58. The van der Waals surface area contributed by atoms with Crippen LogP contribution in [0.3, 0.4) is 0 Å². The molecule has 0 saturated carbocycles. The van der Waals surface area contributed by atoms with Crippen molar-refractivity contribution in [2.75, 3.05) is 26.2 Å². The van der Waals surface area contributed by atoms with E-state index in [9.17, 15) is 0 Å². The number of piperazine rings is 1. The Morgan fingerprint density at radius 1 is 1.57 bits per heavy atom. The summed E-state index contributed by atoms with van der Waals surface area (Å²) in [5.74, 6) is 0.789. The van der Waals surface area contributed by atoms with Gasteiger partial charge in [0.05, 0.1) is 0 Å². The van der Waals surface area contributed by atoms with Gasteiger partial charge in [-0.15, -0.1) is 0 Å². The Hall–Kier alpha value is -0.340. The molecule has 0 aromatic heterocycles. The van der Waals surface area contributed by atoms with Crippen LogP contribution >= 0.6 is 0 Å². The topological polar surface area (TPSA) is 15.3 Å². The Kier molecular flexibility index (Phi) is 4.63. The van der Waals surface area contributed by atoms with E-state index in [0.717, 1.165) is 19.0 Å². The molecule has 0 spiro atoms. The van der Waals surface area contributed by atoms with E-state index in [2.05, 4.69) is 37.6 Å². The third-order valence-corrected chi connectivity index (χ3v) is 2.59. The summed E-state index contributed by atoms with van der Waals surface area (Å²) in [6.45, 7) is 15.2. The van der Waals surface area contributed by atoms with E-state index < -0.39 is 0 Å². The summed E-state index contributed by atoms with van der Waals surface area (Å²) in [5, 5.41) is 3.58. The predicted octanol–water partition coefficient (Wildman–Crippen LogP) is 1.88. The molecule has 14 heavy (non-hydrogen) atoms. The molecule has 1 atom stereocenters. The monoisotopic (exact) mass is 196 g/mol. The summed E-state index contributed by atoms with van der Waals surface area (Å²) in [6.07, 6.45) is 1.28. The first kappa shape index (κ1) is 11.7. The SMILES string of the molecule is C=C(C)CN1CCNC(CC(C)C)C1. The summed E-state index contributed by atoms with van der Waals surface area (Å²) >= 11 is 0. The van der Waals surface area contributed by atoms with Crippen molar-refractivity contribution in [3.63, 3.8) is 0 Å². The minimum Gasteiger partial charge on any atom is -0.311 e. The normalized spacial score (nSPS) is 24.1. The summed E-state index contributed by atoms with van der Waals surface area (Å²) in [6, 6.07) is 0.683. The van der Waals surface area contributed by atoms with Crippen LogP contribution in [0, 0.1) is 5.92 Å². The van der Waals surface area contributed by atoms with Gasteiger partial charge in [-0.1, -0.05) is 26.0 Å². The fraction of sp³-hybridized carbons (Fsp3) is 0.833. The zero-order chi connectivity index (χ0) is 10.6. The molecule has 2 heteroatoms. The molecule has 0 aromatic rings. The largest absolute Gasteiger partial charge is 0.311 e. The van der Waals surface area contributed by atoms with Crippen LogP contribution in [-0.2, 0) is 0 Å². The second-order valence-corrected chi connectivity index (χ2v) is 4.97. The summed E-state index contributed by atoms with van der Waals surface area (Å²) < 4.78 is 0. The maximum Gasteiger partial charge on any atom is 0.0198 e. The highest BCUT2D eigenvalue weighted by atomic mass is 15.2. The fourth-order valence-electron chi connectivity index (χ4n) is 2.15. The van der Waals surface area contributed by atoms with E-state index in [4.69, 9.17) is 0 Å². The zero-order valence-corrected chi connectivity index (χ0v) is 9.84. The van der Waals surface area contributed by atoms with Crippen molar-refractivity contribution < 1.29 is 0 Å². The molecule has 1 aliphatic heterocycles. The van der Waals surface area contributed by atoms with E-state index in [1.807, 2.05) is 0 Å². The van der Waals surface area contributed by atoms with Gasteiger partial charge in [0.25, 0.3) is 0 Å². The summed E-state index contributed by atoms with van der Waals surface area (Å²) in [7, 11) is 0. The molecule has 1 saturated heterocycles. The standard InChI is InChI=1S/C12H24N2/c1-10(2)7-12-9-14(6-5-13-12)8-11(3)4/h10,12-13H,3,5-9H2,1-2,4H3. The van der Waals surface area contributed by atoms with Crippen LogP contribution in [0.15, 0.2) is 12.2 Å². The molecule has 0 bridgehead atoms. The van der Waals surface area contributed by atoms with Gasteiger partial charge < -0.3 is 5.32 Å². The molecule has 1 heterocycles. The number of hydrogen-bond acceptors (Lipinski definition) is 2. The van der Waals surface area contributed by atoms with Gasteiger partial charge >= 0.3 is 0 Å². The van der Waals surface area contributed by atoms with Gasteiger partial charge in [-0.3, -0.25) is 4.90 Å². The van der Waals surface area contributed by atoms with Crippen LogP contribution in [0.1, 0.15) is 27.2 Å². The first-order valence-electron chi connectivity index (χ1n) is 5.68. The highest BCUT2D eigenvalue weighted by Crippen LogP contribution is 2.10. The minimum absolute atomic E-state index is 0.683. The second-order valence-electron chi connectivity index (χ2n) is 4.97. The molecule has 1 N–H and O–H groups in total. The van der Waals surface area contributed by atoms with E-state index in [0.29, 0.717) is 6.04 Å². The Morgan fingerprint density at radius 2 is 2.29 bits per heavy atom. The molecule has 2 nitrogen and oxygen atoms in total. The Balaban J connectivity index is 2.32. The van der Waals surface area contributed by atoms with Gasteiger partial charge in [0.2, 0.25) is 0 Å². The average Bonchev–Trinajstić information content (AvgIpc) is 2.01. The van der Waals surface area contributed by atoms with Gasteiger partial charge in [0.15, 0.2) is 0 Å². The zero-order valence-electron chi connectivity index (χ0n) is 9.84. The third kappa shape index (κ3) is 4.25. The molecule has 1 rings (SSSR count). The van der Waals surface area contributed by atoms with Crippen LogP contribution in [-0.4, -0.2) is 37.1 Å². The predicted molar refractivity (Wildman–Crippen MR) is 62.5 cm³/mol. The lowest BCUT2D eigenvalue weighted by atomic mass is 10.0. The van der Waals surface area contributed by atoms with Crippen LogP contribution in [0.4, 0.5) is 0 Å². The lowest BCUT2D eigenvalue weighted by Gasteiger charge is -2.34. The molecular weight excluding hydrogens is 172 g/mol. The maximum atomic E-state index is 3.97. The Labute approximate surface area is 88.4 Å². The van der Waals surface area contributed by atoms with E-state index >= 15 is 0 Å². The van der Waals surface area contributed by atoms with Crippen molar-refractivity contribution in [1.82, 2.24) is 10.2 Å². The van der Waals surface area contributed by atoms with Crippen molar-refractivity contribution in [3.05, 3.63) is 12.2 Å². The highest BCUT2D eigenvalue weighted by molar-refractivity contribution is 4.94. The molecular formula is C12H24N2. The summed E-state index contributed by atoms with van der Waals surface area (Å²) in [4.78, 5) is 2.51. The van der Waals surface area contributed by atoms with E-state index in [1.54, 1.807) is 0 Å². The van der Waals surface area contributed by atoms with Crippen molar-refractivity contribution in [3.8, 4) is 0 Å². The lowest BCUT2D eigenvalue weighted by Crippen LogP contribution is -2.51. The van der Waals surface area contributed by atoms with Crippen molar-refractivity contribution in [2.24, 2.45) is 5.92 Å². The average molecular weight is 196 g/mol. The van der Waals surface area contributed by atoms with Gasteiger partial charge in [0.1, 0.15) is 0 Å². The van der Waals surface area contributed by atoms with E-state index in [1.165, 1.54) is 25.1 Å². The van der Waals surface area contributed by atoms with Crippen molar-refractivity contribution >= 4 is 0 Å². The molecule has 1 fully saturated rings.